The van der Waals surface area contributed by atoms with Gasteiger partial charge in [0.25, 0.3) is 0 Å². The molecule has 0 radical (unpaired) electrons. The van der Waals surface area contributed by atoms with Crippen molar-refractivity contribution in [2.45, 2.75) is 32.2 Å². The van der Waals surface area contributed by atoms with Gasteiger partial charge in [-0.25, -0.2) is 0 Å². The van der Waals surface area contributed by atoms with Gasteiger partial charge < -0.3 is 5.32 Å². The largest absolute Gasteiger partial charge is 0.358 e. The second kappa shape index (κ2) is 5.10. The highest BCUT2D eigenvalue weighted by Crippen LogP contribution is 2.19. The summed E-state index contributed by atoms with van der Waals surface area (Å²) < 4.78 is 0. The second-order valence-electron chi connectivity index (χ2n) is 3.61. The van der Waals surface area contributed by atoms with Crippen LogP contribution in [0.4, 0.5) is 0 Å². The van der Waals surface area contributed by atoms with E-state index in [0.717, 1.165) is 19.4 Å². The van der Waals surface area contributed by atoms with Gasteiger partial charge >= 0.3 is 0 Å². The molecule has 1 fully saturated rings. The van der Waals surface area contributed by atoms with Gasteiger partial charge in [-0.3, -0.25) is 14.5 Å². The number of hydrogen-bond acceptors (Lipinski definition) is 3. The zero-order chi connectivity index (χ0) is 10.6. The Hall–Kier alpha value is -0.900. The lowest BCUT2D eigenvalue weighted by Gasteiger charge is -2.24. The Balaban J connectivity index is 2.52. The zero-order valence-corrected chi connectivity index (χ0v) is 8.88. The van der Waals surface area contributed by atoms with Gasteiger partial charge in [0.1, 0.15) is 5.78 Å². The Kier molecular flexibility index (Phi) is 4.07. The van der Waals surface area contributed by atoms with E-state index in [1.54, 1.807) is 7.05 Å². The third-order valence-corrected chi connectivity index (χ3v) is 2.74. The molecule has 0 bridgehead atoms. The summed E-state index contributed by atoms with van der Waals surface area (Å²) >= 11 is 0. The van der Waals surface area contributed by atoms with Crippen LogP contribution in [0.1, 0.15) is 26.2 Å². The molecule has 4 heteroatoms. The van der Waals surface area contributed by atoms with Crippen molar-refractivity contribution < 1.29 is 9.59 Å². The summed E-state index contributed by atoms with van der Waals surface area (Å²) in [6.45, 7) is 3.07. The quantitative estimate of drug-likeness (QED) is 0.701. The zero-order valence-electron chi connectivity index (χ0n) is 8.88. The molecule has 0 heterocycles. The summed E-state index contributed by atoms with van der Waals surface area (Å²) in [7, 11) is 1.62. The molecule has 0 aromatic heterocycles. The Morgan fingerprint density at radius 3 is 2.79 bits per heavy atom. The molecule has 1 aliphatic carbocycles. The van der Waals surface area contributed by atoms with E-state index in [4.69, 9.17) is 0 Å². The Morgan fingerprint density at radius 1 is 1.64 bits per heavy atom. The number of carbonyl (C=O) groups is 2. The van der Waals surface area contributed by atoms with Crippen LogP contribution in [-0.4, -0.2) is 42.8 Å². The van der Waals surface area contributed by atoms with Gasteiger partial charge in [0.2, 0.25) is 5.91 Å². The van der Waals surface area contributed by atoms with Crippen LogP contribution in [0.2, 0.25) is 0 Å². The van der Waals surface area contributed by atoms with Crippen molar-refractivity contribution in [2.75, 3.05) is 20.1 Å². The Labute approximate surface area is 84.7 Å². The van der Waals surface area contributed by atoms with E-state index in [-0.39, 0.29) is 17.7 Å². The van der Waals surface area contributed by atoms with E-state index in [0.29, 0.717) is 13.0 Å². The van der Waals surface area contributed by atoms with Crippen LogP contribution in [0.5, 0.6) is 0 Å². The number of Topliss-reactive ketones (excluding diaryl/α,β-unsaturated/α-hetero) is 1. The SMILES string of the molecule is CCN(CC(=O)NC)C1CCCC1=O. The number of likely N-dealkylation sites (N-methyl/N-ethyl adjacent to an activating group) is 2. The van der Waals surface area contributed by atoms with Crippen LogP contribution in [0.25, 0.3) is 0 Å². The third-order valence-electron chi connectivity index (χ3n) is 2.74. The van der Waals surface area contributed by atoms with Crippen molar-refractivity contribution in [1.82, 2.24) is 10.2 Å². The van der Waals surface area contributed by atoms with Crippen molar-refractivity contribution in [3.8, 4) is 0 Å². The van der Waals surface area contributed by atoms with Crippen LogP contribution in [0.15, 0.2) is 0 Å². The molecular weight excluding hydrogens is 180 g/mol. The van der Waals surface area contributed by atoms with Crippen LogP contribution in [0.3, 0.4) is 0 Å². The average molecular weight is 198 g/mol. The minimum Gasteiger partial charge on any atom is -0.358 e. The first-order valence-electron chi connectivity index (χ1n) is 5.16. The highest BCUT2D eigenvalue weighted by atomic mass is 16.2. The maximum Gasteiger partial charge on any atom is 0.233 e. The second-order valence-corrected chi connectivity index (χ2v) is 3.61. The number of amides is 1. The third kappa shape index (κ3) is 2.54. The first kappa shape index (κ1) is 11.2. The number of nitrogens with one attached hydrogen (secondary N) is 1. The van der Waals surface area contributed by atoms with E-state index in [1.165, 1.54) is 0 Å². The van der Waals surface area contributed by atoms with Gasteiger partial charge in [-0.2, -0.15) is 0 Å². The molecule has 14 heavy (non-hydrogen) atoms. The van der Waals surface area contributed by atoms with E-state index >= 15 is 0 Å². The molecule has 80 valence electrons. The number of nitrogens with zero attached hydrogens (tertiary/aromatic N) is 1. The first-order chi connectivity index (χ1) is 6.69. The van der Waals surface area contributed by atoms with Crippen molar-refractivity contribution >= 4 is 11.7 Å². The summed E-state index contributed by atoms with van der Waals surface area (Å²) in [6, 6.07) is -0.0164. The molecule has 1 amide bonds. The predicted molar refractivity (Wildman–Crippen MR) is 54.0 cm³/mol. The number of carbonyl (C=O) groups excluding carboxylic acids is 2. The molecule has 0 aliphatic heterocycles. The van der Waals surface area contributed by atoms with Gasteiger partial charge in [0.05, 0.1) is 12.6 Å². The van der Waals surface area contributed by atoms with Gasteiger partial charge in [-0.05, 0) is 19.4 Å². The average Bonchev–Trinajstić information content (AvgIpc) is 2.60. The summed E-state index contributed by atoms with van der Waals surface area (Å²) in [5, 5.41) is 2.58. The van der Waals surface area contributed by atoms with Crippen LogP contribution in [-0.2, 0) is 9.59 Å². The smallest absolute Gasteiger partial charge is 0.233 e. The molecule has 0 aromatic carbocycles. The molecule has 1 saturated carbocycles. The fourth-order valence-corrected chi connectivity index (χ4v) is 1.89. The Bertz CT molecular complexity index is 228. The minimum absolute atomic E-state index is 0.0164. The molecule has 1 unspecified atom stereocenters. The standard InChI is InChI=1S/C10H18N2O2/c1-3-12(7-10(14)11-2)8-5-4-6-9(8)13/h8H,3-7H2,1-2H3,(H,11,14). The fraction of sp³-hybridized carbons (Fsp3) is 0.800. The molecule has 4 nitrogen and oxygen atoms in total. The first-order valence-corrected chi connectivity index (χ1v) is 5.16. The molecule has 0 aromatic rings. The lowest BCUT2D eigenvalue weighted by Crippen LogP contribution is -2.43. The van der Waals surface area contributed by atoms with Gasteiger partial charge in [-0.15, -0.1) is 0 Å². The monoisotopic (exact) mass is 198 g/mol. The fourth-order valence-electron chi connectivity index (χ4n) is 1.89. The Morgan fingerprint density at radius 2 is 2.36 bits per heavy atom. The van der Waals surface area contributed by atoms with Crippen molar-refractivity contribution in [3.63, 3.8) is 0 Å². The van der Waals surface area contributed by atoms with E-state index < -0.39 is 0 Å². The summed E-state index contributed by atoms with van der Waals surface area (Å²) in [4.78, 5) is 24.6. The minimum atomic E-state index is -0.0217. The number of rotatable bonds is 4. The highest BCUT2D eigenvalue weighted by Gasteiger charge is 2.29. The summed E-state index contributed by atoms with van der Waals surface area (Å²) in [5.41, 5.74) is 0. The van der Waals surface area contributed by atoms with Crippen LogP contribution < -0.4 is 5.32 Å². The summed E-state index contributed by atoms with van der Waals surface area (Å²) in [6.07, 6.45) is 2.55. The predicted octanol–water partition coefficient (Wildman–Crippen LogP) is 0.176. The normalized spacial score (nSPS) is 21.6. The van der Waals surface area contributed by atoms with Crippen LogP contribution in [0, 0.1) is 0 Å². The van der Waals surface area contributed by atoms with Gasteiger partial charge in [0.15, 0.2) is 0 Å². The molecule has 1 aliphatic rings. The van der Waals surface area contributed by atoms with Crippen LogP contribution >= 0.6 is 0 Å². The maximum absolute atomic E-state index is 11.5. The van der Waals surface area contributed by atoms with E-state index in [2.05, 4.69) is 5.32 Å². The molecule has 1 atom stereocenters. The lowest BCUT2D eigenvalue weighted by molar-refractivity contribution is -0.125. The van der Waals surface area contributed by atoms with Crippen molar-refractivity contribution in [1.29, 1.82) is 0 Å². The molecule has 0 saturated heterocycles. The van der Waals surface area contributed by atoms with Crippen molar-refractivity contribution in [2.24, 2.45) is 0 Å². The molecule has 0 spiro atoms. The topological polar surface area (TPSA) is 49.4 Å². The summed E-state index contributed by atoms with van der Waals surface area (Å²) in [5.74, 6) is 0.266. The van der Waals surface area contributed by atoms with Crippen molar-refractivity contribution in [3.05, 3.63) is 0 Å². The number of ketones is 1. The maximum atomic E-state index is 11.5. The number of hydrogen-bond donors (Lipinski definition) is 1. The molecule has 1 rings (SSSR count). The van der Waals surface area contributed by atoms with E-state index in [9.17, 15) is 9.59 Å². The molecule has 1 N–H and O–H groups in total. The van der Waals surface area contributed by atoms with Gasteiger partial charge in [-0.1, -0.05) is 6.92 Å². The molecular formula is C10H18N2O2. The lowest BCUT2D eigenvalue weighted by atomic mass is 10.2. The highest BCUT2D eigenvalue weighted by molar-refractivity contribution is 5.87. The van der Waals surface area contributed by atoms with E-state index in [1.807, 2.05) is 11.8 Å². The van der Waals surface area contributed by atoms with Gasteiger partial charge in [0, 0.05) is 13.5 Å².